The standard InChI is InChI=1S/C13H21N3O/c1-2-10-4-3-5-12(8-10)17-13-15-7-6-11(9-14)16-13/h6-7,10,12H,2-5,8-9,14H2,1H3. The summed E-state index contributed by atoms with van der Waals surface area (Å²) in [5.41, 5.74) is 6.38. The van der Waals surface area contributed by atoms with Crippen molar-refractivity contribution < 1.29 is 4.74 Å². The third-order valence-electron chi connectivity index (χ3n) is 3.48. The molecule has 2 unspecified atom stereocenters. The van der Waals surface area contributed by atoms with E-state index in [1.165, 1.54) is 19.3 Å². The molecule has 0 radical (unpaired) electrons. The molecule has 4 heteroatoms. The second kappa shape index (κ2) is 5.96. The van der Waals surface area contributed by atoms with Crippen LogP contribution >= 0.6 is 0 Å². The van der Waals surface area contributed by atoms with E-state index in [9.17, 15) is 0 Å². The van der Waals surface area contributed by atoms with E-state index in [1.807, 2.05) is 6.07 Å². The first-order valence-electron chi connectivity index (χ1n) is 6.50. The lowest BCUT2D eigenvalue weighted by atomic mass is 9.86. The van der Waals surface area contributed by atoms with Gasteiger partial charge < -0.3 is 10.5 Å². The number of hydrogen-bond acceptors (Lipinski definition) is 4. The summed E-state index contributed by atoms with van der Waals surface area (Å²) in [7, 11) is 0. The first kappa shape index (κ1) is 12.3. The highest BCUT2D eigenvalue weighted by Crippen LogP contribution is 2.28. The Labute approximate surface area is 103 Å². The van der Waals surface area contributed by atoms with Gasteiger partial charge >= 0.3 is 6.01 Å². The van der Waals surface area contributed by atoms with E-state index in [0.29, 0.717) is 12.6 Å². The maximum Gasteiger partial charge on any atom is 0.316 e. The maximum atomic E-state index is 5.85. The minimum absolute atomic E-state index is 0.279. The van der Waals surface area contributed by atoms with Gasteiger partial charge in [0, 0.05) is 12.7 Å². The van der Waals surface area contributed by atoms with E-state index in [1.54, 1.807) is 6.20 Å². The van der Waals surface area contributed by atoms with Crippen molar-refractivity contribution in [3.63, 3.8) is 0 Å². The van der Waals surface area contributed by atoms with Crippen LogP contribution in [0.15, 0.2) is 12.3 Å². The summed E-state index contributed by atoms with van der Waals surface area (Å²) in [5.74, 6) is 0.798. The van der Waals surface area contributed by atoms with Gasteiger partial charge in [0.25, 0.3) is 0 Å². The predicted molar refractivity (Wildman–Crippen MR) is 66.6 cm³/mol. The predicted octanol–water partition coefficient (Wildman–Crippen LogP) is 2.28. The highest BCUT2D eigenvalue weighted by molar-refractivity contribution is 5.05. The molecule has 94 valence electrons. The van der Waals surface area contributed by atoms with Gasteiger partial charge in [-0.3, -0.25) is 0 Å². The molecule has 0 amide bonds. The van der Waals surface area contributed by atoms with Crippen LogP contribution in [0.25, 0.3) is 0 Å². The molecule has 17 heavy (non-hydrogen) atoms. The summed E-state index contributed by atoms with van der Waals surface area (Å²) >= 11 is 0. The molecular weight excluding hydrogens is 214 g/mol. The van der Waals surface area contributed by atoms with E-state index in [4.69, 9.17) is 10.5 Å². The highest BCUT2D eigenvalue weighted by atomic mass is 16.5. The van der Waals surface area contributed by atoms with Crippen LogP contribution in [0.5, 0.6) is 6.01 Å². The molecule has 0 aliphatic heterocycles. The van der Waals surface area contributed by atoms with Crippen LogP contribution in [0, 0.1) is 5.92 Å². The van der Waals surface area contributed by atoms with Gasteiger partial charge in [0.1, 0.15) is 6.10 Å². The normalized spacial score (nSPS) is 24.6. The second-order valence-electron chi connectivity index (χ2n) is 4.72. The summed E-state index contributed by atoms with van der Waals surface area (Å²) in [6.07, 6.45) is 8.06. The molecule has 1 fully saturated rings. The maximum absolute atomic E-state index is 5.85. The Balaban J connectivity index is 1.95. The number of ether oxygens (including phenoxy) is 1. The van der Waals surface area contributed by atoms with Gasteiger partial charge in [-0.05, 0) is 31.2 Å². The van der Waals surface area contributed by atoms with Crippen molar-refractivity contribution >= 4 is 0 Å². The van der Waals surface area contributed by atoms with Crippen LogP contribution in [0.2, 0.25) is 0 Å². The van der Waals surface area contributed by atoms with Gasteiger partial charge in [-0.25, -0.2) is 4.98 Å². The van der Waals surface area contributed by atoms with Gasteiger partial charge in [-0.2, -0.15) is 4.98 Å². The van der Waals surface area contributed by atoms with Crippen molar-refractivity contribution in [2.45, 2.75) is 51.7 Å². The third kappa shape index (κ3) is 3.40. The Morgan fingerprint density at radius 3 is 3.12 bits per heavy atom. The smallest absolute Gasteiger partial charge is 0.316 e. The zero-order valence-corrected chi connectivity index (χ0v) is 10.4. The fourth-order valence-corrected chi connectivity index (χ4v) is 2.42. The molecule has 0 aromatic carbocycles. The molecule has 1 heterocycles. The van der Waals surface area contributed by atoms with Gasteiger partial charge in [0.15, 0.2) is 0 Å². The topological polar surface area (TPSA) is 61.0 Å². The first-order valence-corrected chi connectivity index (χ1v) is 6.50. The zero-order valence-electron chi connectivity index (χ0n) is 10.4. The van der Waals surface area contributed by atoms with Crippen LogP contribution < -0.4 is 10.5 Å². The number of rotatable bonds is 4. The molecule has 2 atom stereocenters. The molecule has 1 aromatic heterocycles. The quantitative estimate of drug-likeness (QED) is 0.869. The number of nitrogens with two attached hydrogens (primary N) is 1. The SMILES string of the molecule is CCC1CCCC(Oc2nccc(CN)n2)C1. The van der Waals surface area contributed by atoms with Crippen molar-refractivity contribution in [1.82, 2.24) is 9.97 Å². The zero-order chi connectivity index (χ0) is 12.1. The molecule has 1 aromatic rings. The Kier molecular flexibility index (Phi) is 4.31. The van der Waals surface area contributed by atoms with Gasteiger partial charge in [0.05, 0.1) is 5.69 Å². The molecule has 0 saturated heterocycles. The Morgan fingerprint density at radius 1 is 1.47 bits per heavy atom. The van der Waals surface area contributed by atoms with E-state index >= 15 is 0 Å². The Hall–Kier alpha value is -1.16. The van der Waals surface area contributed by atoms with E-state index in [2.05, 4.69) is 16.9 Å². The monoisotopic (exact) mass is 235 g/mol. The van der Waals surface area contributed by atoms with Crippen LogP contribution in [0.1, 0.15) is 44.7 Å². The van der Waals surface area contributed by atoms with Crippen LogP contribution in [0.4, 0.5) is 0 Å². The second-order valence-corrected chi connectivity index (χ2v) is 4.72. The molecule has 0 spiro atoms. The molecular formula is C13H21N3O. The summed E-state index contributed by atoms with van der Waals surface area (Å²) < 4.78 is 5.85. The van der Waals surface area contributed by atoms with Crippen molar-refractivity contribution in [2.24, 2.45) is 11.7 Å². The van der Waals surface area contributed by atoms with E-state index < -0.39 is 0 Å². The Morgan fingerprint density at radius 2 is 2.35 bits per heavy atom. The summed E-state index contributed by atoms with van der Waals surface area (Å²) in [6, 6.07) is 2.30. The first-order chi connectivity index (χ1) is 8.31. The molecule has 4 nitrogen and oxygen atoms in total. The van der Waals surface area contributed by atoms with Crippen molar-refractivity contribution in [2.75, 3.05) is 0 Å². The lowest BCUT2D eigenvalue weighted by molar-refractivity contribution is 0.111. The minimum Gasteiger partial charge on any atom is -0.460 e. The largest absolute Gasteiger partial charge is 0.460 e. The molecule has 1 aliphatic carbocycles. The molecule has 1 saturated carbocycles. The van der Waals surface area contributed by atoms with Crippen molar-refractivity contribution in [3.05, 3.63) is 18.0 Å². The van der Waals surface area contributed by atoms with E-state index in [-0.39, 0.29) is 6.10 Å². The minimum atomic E-state index is 0.279. The summed E-state index contributed by atoms with van der Waals surface area (Å²) in [5, 5.41) is 0. The van der Waals surface area contributed by atoms with Crippen molar-refractivity contribution in [3.8, 4) is 6.01 Å². The van der Waals surface area contributed by atoms with Gasteiger partial charge in [-0.15, -0.1) is 0 Å². The Bertz CT molecular complexity index is 356. The average Bonchev–Trinajstić information content (AvgIpc) is 2.39. The highest BCUT2D eigenvalue weighted by Gasteiger charge is 2.22. The van der Waals surface area contributed by atoms with Gasteiger partial charge in [0.2, 0.25) is 0 Å². The fraction of sp³-hybridized carbons (Fsp3) is 0.692. The summed E-state index contributed by atoms with van der Waals surface area (Å²) in [6.45, 7) is 2.68. The molecule has 1 aliphatic rings. The van der Waals surface area contributed by atoms with Crippen LogP contribution in [-0.2, 0) is 6.54 Å². The van der Waals surface area contributed by atoms with Crippen LogP contribution in [0.3, 0.4) is 0 Å². The number of hydrogen-bond donors (Lipinski definition) is 1. The van der Waals surface area contributed by atoms with Crippen LogP contribution in [-0.4, -0.2) is 16.1 Å². The number of nitrogens with zero attached hydrogens (tertiary/aromatic N) is 2. The lowest BCUT2D eigenvalue weighted by Crippen LogP contribution is -2.26. The summed E-state index contributed by atoms with van der Waals surface area (Å²) in [4.78, 5) is 8.42. The lowest BCUT2D eigenvalue weighted by Gasteiger charge is -2.28. The third-order valence-corrected chi connectivity index (χ3v) is 3.48. The van der Waals surface area contributed by atoms with Gasteiger partial charge in [-0.1, -0.05) is 19.8 Å². The fourth-order valence-electron chi connectivity index (χ4n) is 2.42. The molecule has 2 N–H and O–H groups in total. The van der Waals surface area contributed by atoms with Crippen molar-refractivity contribution in [1.29, 1.82) is 0 Å². The average molecular weight is 235 g/mol. The molecule has 0 bridgehead atoms. The van der Waals surface area contributed by atoms with E-state index in [0.717, 1.165) is 24.5 Å². The number of aromatic nitrogens is 2. The molecule has 2 rings (SSSR count).